The fourth-order valence-electron chi connectivity index (χ4n) is 3.17. The number of nitrogens with zero attached hydrogens (tertiary/aromatic N) is 1. The summed E-state index contributed by atoms with van der Waals surface area (Å²) < 4.78 is 6.85. The normalized spacial score (nSPS) is 17.0. The topological polar surface area (TPSA) is 79.6 Å². The number of anilines is 1. The molecular weight excluding hydrogens is 364 g/mol. The van der Waals surface area contributed by atoms with Gasteiger partial charge in [-0.05, 0) is 49.7 Å². The summed E-state index contributed by atoms with van der Waals surface area (Å²) in [6.45, 7) is 1.82. The van der Waals surface area contributed by atoms with Crippen LogP contribution in [0.4, 0.5) is 5.69 Å². The van der Waals surface area contributed by atoms with Gasteiger partial charge in [-0.3, -0.25) is 9.59 Å². The average Bonchev–Trinajstić information content (AvgIpc) is 2.61. The maximum absolute atomic E-state index is 12.8. The minimum atomic E-state index is -0.940. The molecule has 7 heteroatoms. The molecule has 4 rings (SSSR count). The predicted molar refractivity (Wildman–Crippen MR) is 104 cm³/mol. The lowest BCUT2D eigenvalue weighted by Gasteiger charge is -2.30. The molecule has 6 nitrogen and oxygen atoms in total. The van der Waals surface area contributed by atoms with Gasteiger partial charge in [-0.2, -0.15) is 0 Å². The van der Waals surface area contributed by atoms with Gasteiger partial charge in [0, 0.05) is 33.7 Å². The third-order valence-electron chi connectivity index (χ3n) is 4.47. The van der Waals surface area contributed by atoms with Crippen molar-refractivity contribution < 1.29 is 14.0 Å². The highest BCUT2D eigenvalue weighted by molar-refractivity contribution is 7.97. The van der Waals surface area contributed by atoms with E-state index >= 15 is 0 Å². The van der Waals surface area contributed by atoms with Crippen molar-refractivity contribution in [2.45, 2.75) is 17.9 Å². The summed E-state index contributed by atoms with van der Waals surface area (Å²) in [5, 5.41) is 3.55. The number of ketones is 1. The molecule has 0 radical (unpaired) electrons. The summed E-state index contributed by atoms with van der Waals surface area (Å²) in [5.74, 6) is -0.675. The molecule has 0 saturated carbocycles. The highest BCUT2D eigenvalue weighted by Crippen LogP contribution is 2.34. The van der Waals surface area contributed by atoms with Crippen LogP contribution in [0.1, 0.15) is 15.9 Å². The molecule has 0 fully saturated rings. The number of fused-ring (bicyclic) bond motifs is 2. The van der Waals surface area contributed by atoms with Gasteiger partial charge in [0.1, 0.15) is 5.58 Å². The Labute approximate surface area is 159 Å². The Kier molecular flexibility index (Phi) is 4.33. The number of Topliss-reactive ketones (excluding diaryl/α,β-unsaturated/α-hetero) is 1. The number of likely N-dealkylation sites (N-methyl/N-ethyl adjacent to an activating group) is 1. The molecule has 0 saturated heterocycles. The zero-order valence-electron chi connectivity index (χ0n) is 14.7. The fourth-order valence-corrected chi connectivity index (χ4v) is 4.18. The van der Waals surface area contributed by atoms with Crippen molar-refractivity contribution in [3.8, 4) is 0 Å². The van der Waals surface area contributed by atoms with E-state index in [-0.39, 0.29) is 5.78 Å². The summed E-state index contributed by atoms with van der Waals surface area (Å²) in [6.07, 6.45) is 0. The molecule has 136 valence electrons. The Hall–Kier alpha value is -2.90. The van der Waals surface area contributed by atoms with Gasteiger partial charge in [-0.15, -0.1) is 0 Å². The van der Waals surface area contributed by atoms with Gasteiger partial charge >= 0.3 is 5.63 Å². The van der Waals surface area contributed by atoms with Gasteiger partial charge in [0.25, 0.3) is 5.91 Å². The van der Waals surface area contributed by atoms with Crippen LogP contribution in [0, 0.1) is 6.92 Å². The summed E-state index contributed by atoms with van der Waals surface area (Å²) in [7, 11) is 1.71. The van der Waals surface area contributed by atoms with E-state index in [1.54, 1.807) is 41.7 Å². The summed E-state index contributed by atoms with van der Waals surface area (Å²) in [6, 6.07) is 12.8. The van der Waals surface area contributed by atoms with E-state index in [0.29, 0.717) is 16.8 Å². The van der Waals surface area contributed by atoms with Crippen molar-refractivity contribution in [1.82, 2.24) is 4.31 Å². The number of amides is 1. The predicted octanol–water partition coefficient (Wildman–Crippen LogP) is 3.24. The standard InChI is InChI=1S/C20H16N2O4S/c1-11-9-17(23)26-15-10-12(7-8-13(11)15)21-20(25)18-19(24)14-5-3-4-6-16(14)27-22(18)2/h3-10,18H,1-2H3,(H,21,25). The van der Waals surface area contributed by atoms with Gasteiger partial charge in [0.2, 0.25) is 0 Å². The number of rotatable bonds is 2. The zero-order valence-corrected chi connectivity index (χ0v) is 15.5. The quantitative estimate of drug-likeness (QED) is 0.418. The maximum Gasteiger partial charge on any atom is 0.336 e. The number of hydrogen-bond acceptors (Lipinski definition) is 6. The van der Waals surface area contributed by atoms with Crippen LogP contribution in [0.15, 0.2) is 62.6 Å². The molecule has 1 aliphatic rings. The van der Waals surface area contributed by atoms with Crippen molar-refractivity contribution in [2.75, 3.05) is 12.4 Å². The SMILES string of the molecule is Cc1cc(=O)oc2cc(NC(=O)C3C(=O)c4ccccc4SN3C)ccc12. The second-order valence-corrected chi connectivity index (χ2v) is 7.55. The molecular formula is C20H16N2O4S. The minimum Gasteiger partial charge on any atom is -0.423 e. The Morgan fingerprint density at radius 2 is 1.93 bits per heavy atom. The molecule has 27 heavy (non-hydrogen) atoms. The first kappa shape index (κ1) is 17.5. The molecule has 1 N–H and O–H groups in total. The van der Waals surface area contributed by atoms with Crippen LogP contribution in [0.2, 0.25) is 0 Å². The Morgan fingerprint density at radius 3 is 2.74 bits per heavy atom. The van der Waals surface area contributed by atoms with Crippen LogP contribution in [0.3, 0.4) is 0 Å². The first-order valence-corrected chi connectivity index (χ1v) is 9.11. The number of carbonyl (C=O) groups excluding carboxylic acids is 2. The molecule has 1 amide bonds. The highest BCUT2D eigenvalue weighted by Gasteiger charge is 2.37. The molecule has 0 bridgehead atoms. The zero-order chi connectivity index (χ0) is 19.1. The molecule has 0 spiro atoms. The summed E-state index contributed by atoms with van der Waals surface area (Å²) in [4.78, 5) is 38.0. The number of benzene rings is 2. The van der Waals surface area contributed by atoms with Crippen molar-refractivity contribution in [3.63, 3.8) is 0 Å². The monoisotopic (exact) mass is 380 g/mol. The second kappa shape index (κ2) is 6.68. The third kappa shape index (κ3) is 3.15. The lowest BCUT2D eigenvalue weighted by atomic mass is 10.0. The molecule has 0 aliphatic carbocycles. The van der Waals surface area contributed by atoms with Gasteiger partial charge < -0.3 is 9.73 Å². The first-order chi connectivity index (χ1) is 12.9. The Bertz CT molecular complexity index is 1140. The molecule has 1 unspecified atom stereocenters. The first-order valence-electron chi connectivity index (χ1n) is 8.33. The summed E-state index contributed by atoms with van der Waals surface area (Å²) in [5.41, 5.74) is 1.75. The van der Waals surface area contributed by atoms with Crippen LogP contribution in [-0.2, 0) is 4.79 Å². The smallest absolute Gasteiger partial charge is 0.336 e. The van der Waals surface area contributed by atoms with Crippen LogP contribution in [0.25, 0.3) is 11.0 Å². The van der Waals surface area contributed by atoms with Crippen molar-refractivity contribution in [3.05, 3.63) is 70.1 Å². The maximum atomic E-state index is 12.8. The van der Waals surface area contributed by atoms with E-state index in [2.05, 4.69) is 5.32 Å². The van der Waals surface area contributed by atoms with Crippen LogP contribution >= 0.6 is 11.9 Å². The van der Waals surface area contributed by atoms with Crippen LogP contribution in [-0.4, -0.2) is 29.1 Å². The second-order valence-electron chi connectivity index (χ2n) is 6.35. The van der Waals surface area contributed by atoms with E-state index < -0.39 is 17.6 Å². The van der Waals surface area contributed by atoms with Gasteiger partial charge in [-0.25, -0.2) is 9.10 Å². The van der Waals surface area contributed by atoms with Crippen molar-refractivity contribution in [2.24, 2.45) is 0 Å². The molecule has 2 aromatic carbocycles. The molecule has 2 heterocycles. The van der Waals surface area contributed by atoms with E-state index in [9.17, 15) is 14.4 Å². The number of carbonyl (C=O) groups is 2. The van der Waals surface area contributed by atoms with Gasteiger partial charge in [0.15, 0.2) is 11.8 Å². The fraction of sp³-hybridized carbons (Fsp3) is 0.150. The third-order valence-corrected chi connectivity index (χ3v) is 5.53. The van der Waals surface area contributed by atoms with Gasteiger partial charge in [-0.1, -0.05) is 18.2 Å². The lowest BCUT2D eigenvalue weighted by Crippen LogP contribution is -2.46. The van der Waals surface area contributed by atoms with E-state index in [0.717, 1.165) is 15.8 Å². The lowest BCUT2D eigenvalue weighted by molar-refractivity contribution is -0.118. The minimum absolute atomic E-state index is 0.243. The van der Waals surface area contributed by atoms with Crippen molar-refractivity contribution in [1.29, 1.82) is 0 Å². The molecule has 1 atom stereocenters. The molecule has 1 aliphatic heterocycles. The van der Waals surface area contributed by atoms with Crippen molar-refractivity contribution >= 4 is 40.3 Å². The number of aryl methyl sites for hydroxylation is 1. The van der Waals surface area contributed by atoms with E-state index in [1.165, 1.54) is 18.0 Å². The highest BCUT2D eigenvalue weighted by atomic mass is 32.2. The van der Waals surface area contributed by atoms with E-state index in [4.69, 9.17) is 4.42 Å². The Balaban J connectivity index is 1.63. The largest absolute Gasteiger partial charge is 0.423 e. The number of hydrogen-bond donors (Lipinski definition) is 1. The Morgan fingerprint density at radius 1 is 1.15 bits per heavy atom. The summed E-state index contributed by atoms with van der Waals surface area (Å²) >= 11 is 1.36. The molecule has 1 aromatic heterocycles. The van der Waals surface area contributed by atoms with Crippen LogP contribution < -0.4 is 10.9 Å². The average molecular weight is 380 g/mol. The molecule has 3 aromatic rings. The van der Waals surface area contributed by atoms with E-state index in [1.807, 2.05) is 19.1 Å². The number of nitrogens with one attached hydrogen (secondary N) is 1. The van der Waals surface area contributed by atoms with Gasteiger partial charge in [0.05, 0.1) is 0 Å². The van der Waals surface area contributed by atoms with Crippen LogP contribution in [0.5, 0.6) is 0 Å².